The van der Waals surface area contributed by atoms with E-state index in [1.165, 1.54) is 0 Å². The molecule has 0 saturated heterocycles. The van der Waals surface area contributed by atoms with Crippen molar-refractivity contribution < 1.29 is 14.7 Å². The van der Waals surface area contributed by atoms with Crippen molar-refractivity contribution in [2.45, 2.75) is 43.7 Å². The van der Waals surface area contributed by atoms with Crippen molar-refractivity contribution in [1.29, 1.82) is 0 Å². The van der Waals surface area contributed by atoms with Gasteiger partial charge in [-0.15, -0.1) is 0 Å². The van der Waals surface area contributed by atoms with Crippen LogP contribution in [0.3, 0.4) is 0 Å². The molecule has 3 aromatic carbocycles. The third-order valence-corrected chi connectivity index (χ3v) is 6.50. The van der Waals surface area contributed by atoms with E-state index < -0.39 is 23.1 Å². The predicted octanol–water partition coefficient (Wildman–Crippen LogP) is 2.38. The highest BCUT2D eigenvalue weighted by atomic mass is 16.3. The number of carbonyl (C=O) groups is 2. The molecule has 0 bridgehead atoms. The SMILES string of the molecule is NC(N)=NCCC[C@](N)(C(=O)NCc1ccc(CCCO)cc1)C(=O)C(c1ccccc1)c1ccccc1. The second kappa shape index (κ2) is 14.1. The van der Waals surface area contributed by atoms with Crippen LogP contribution < -0.4 is 22.5 Å². The van der Waals surface area contributed by atoms with Gasteiger partial charge in [0.25, 0.3) is 0 Å². The van der Waals surface area contributed by atoms with Crippen molar-refractivity contribution in [3.05, 3.63) is 107 Å². The van der Waals surface area contributed by atoms with Crippen LogP contribution >= 0.6 is 0 Å². The molecule has 0 aliphatic carbocycles. The minimum Gasteiger partial charge on any atom is -0.396 e. The van der Waals surface area contributed by atoms with E-state index in [9.17, 15) is 9.59 Å². The molecule has 0 aliphatic heterocycles. The number of nitrogens with one attached hydrogen (secondary N) is 1. The summed E-state index contributed by atoms with van der Waals surface area (Å²) in [7, 11) is 0. The average molecular weight is 516 g/mol. The summed E-state index contributed by atoms with van der Waals surface area (Å²) in [5.41, 5.74) is 19.3. The number of hydrogen-bond donors (Lipinski definition) is 5. The summed E-state index contributed by atoms with van der Waals surface area (Å²) >= 11 is 0. The normalized spacial score (nSPS) is 12.5. The fourth-order valence-corrected chi connectivity index (χ4v) is 4.41. The van der Waals surface area contributed by atoms with Crippen LogP contribution in [-0.2, 0) is 22.6 Å². The third kappa shape index (κ3) is 7.74. The van der Waals surface area contributed by atoms with Crippen molar-refractivity contribution in [2.24, 2.45) is 22.2 Å². The van der Waals surface area contributed by atoms with Crippen molar-refractivity contribution >= 4 is 17.6 Å². The van der Waals surface area contributed by atoms with Gasteiger partial charge in [0.2, 0.25) is 5.91 Å². The maximum atomic E-state index is 14.2. The standard InChI is InChI=1S/C30H37N5O3/c31-29(32)34-19-8-18-30(33,28(38)35-21-23-16-14-22(15-17-23)9-7-20-36)27(37)26(24-10-3-1-4-11-24)25-12-5-2-6-13-25/h1-6,10-17,26,36H,7-9,18-21,33H2,(H,35,38)(H4,31,32,34)/t30-/m1/s1. The van der Waals surface area contributed by atoms with Gasteiger partial charge in [-0.1, -0.05) is 84.9 Å². The van der Waals surface area contributed by atoms with Gasteiger partial charge >= 0.3 is 0 Å². The predicted molar refractivity (Wildman–Crippen MR) is 150 cm³/mol. The largest absolute Gasteiger partial charge is 0.396 e. The number of benzene rings is 3. The fourth-order valence-electron chi connectivity index (χ4n) is 4.41. The van der Waals surface area contributed by atoms with Gasteiger partial charge in [0, 0.05) is 19.7 Å². The molecule has 8 N–H and O–H groups in total. The first kappa shape index (κ1) is 28.6. The molecule has 200 valence electrons. The number of hydrogen-bond acceptors (Lipinski definition) is 5. The number of aliphatic imine (C=N–C) groups is 1. The monoisotopic (exact) mass is 515 g/mol. The van der Waals surface area contributed by atoms with E-state index in [-0.39, 0.29) is 32.1 Å². The molecule has 0 aliphatic rings. The summed E-state index contributed by atoms with van der Waals surface area (Å²) in [4.78, 5) is 31.8. The van der Waals surface area contributed by atoms with Crippen LogP contribution in [0.1, 0.15) is 47.4 Å². The van der Waals surface area contributed by atoms with Crippen LogP contribution in [0.15, 0.2) is 89.9 Å². The minimum atomic E-state index is -1.81. The fraction of sp³-hybridized carbons (Fsp3) is 0.300. The number of aliphatic hydroxyl groups is 1. The maximum absolute atomic E-state index is 14.2. The van der Waals surface area contributed by atoms with E-state index in [0.717, 1.165) is 28.7 Å². The van der Waals surface area contributed by atoms with Crippen LogP contribution in [0.2, 0.25) is 0 Å². The molecule has 0 heterocycles. The molecule has 0 radical (unpaired) electrons. The van der Waals surface area contributed by atoms with Crippen molar-refractivity contribution in [2.75, 3.05) is 13.2 Å². The average Bonchev–Trinajstić information content (AvgIpc) is 2.94. The first-order valence-electron chi connectivity index (χ1n) is 12.8. The first-order valence-corrected chi connectivity index (χ1v) is 12.8. The van der Waals surface area contributed by atoms with Gasteiger partial charge in [-0.05, 0) is 47.9 Å². The van der Waals surface area contributed by atoms with Gasteiger partial charge in [-0.25, -0.2) is 0 Å². The Bertz CT molecular complexity index is 1160. The lowest BCUT2D eigenvalue weighted by atomic mass is 9.76. The van der Waals surface area contributed by atoms with E-state index in [0.29, 0.717) is 12.8 Å². The number of nitrogens with two attached hydrogens (primary N) is 3. The lowest BCUT2D eigenvalue weighted by Crippen LogP contribution is -2.61. The van der Waals surface area contributed by atoms with Crippen LogP contribution in [-0.4, -0.2) is 41.4 Å². The lowest BCUT2D eigenvalue weighted by molar-refractivity contribution is -0.136. The zero-order chi connectivity index (χ0) is 27.4. The Labute approximate surface area is 224 Å². The van der Waals surface area contributed by atoms with Gasteiger partial charge in [-0.2, -0.15) is 0 Å². The highest BCUT2D eigenvalue weighted by Crippen LogP contribution is 2.31. The lowest BCUT2D eigenvalue weighted by Gasteiger charge is -2.31. The topological polar surface area (TPSA) is 157 Å². The molecule has 38 heavy (non-hydrogen) atoms. The zero-order valence-electron chi connectivity index (χ0n) is 21.6. The van der Waals surface area contributed by atoms with Crippen LogP contribution in [0.5, 0.6) is 0 Å². The highest BCUT2D eigenvalue weighted by Gasteiger charge is 2.45. The summed E-state index contributed by atoms with van der Waals surface area (Å²) in [6, 6.07) is 26.4. The molecule has 0 fully saturated rings. The second-order valence-electron chi connectivity index (χ2n) is 9.33. The van der Waals surface area contributed by atoms with E-state index >= 15 is 0 Å². The zero-order valence-corrected chi connectivity index (χ0v) is 21.6. The number of rotatable bonds is 14. The second-order valence-corrected chi connectivity index (χ2v) is 9.33. The first-order chi connectivity index (χ1) is 18.3. The van der Waals surface area contributed by atoms with Gasteiger partial charge in [0.1, 0.15) is 0 Å². The highest BCUT2D eigenvalue weighted by molar-refractivity contribution is 6.13. The quantitative estimate of drug-likeness (QED) is 0.0960. The van der Waals surface area contributed by atoms with Crippen molar-refractivity contribution in [3.8, 4) is 0 Å². The summed E-state index contributed by atoms with van der Waals surface area (Å²) in [5.74, 6) is -1.72. The van der Waals surface area contributed by atoms with E-state index in [4.69, 9.17) is 22.3 Å². The van der Waals surface area contributed by atoms with Gasteiger partial charge in [0.05, 0.1) is 5.92 Å². The number of amides is 1. The molecule has 8 nitrogen and oxygen atoms in total. The summed E-state index contributed by atoms with van der Waals surface area (Å²) in [6.45, 7) is 0.611. The molecule has 0 aromatic heterocycles. The number of carbonyl (C=O) groups excluding carboxylic acids is 2. The Balaban J connectivity index is 1.87. The number of guanidine groups is 1. The van der Waals surface area contributed by atoms with Crippen LogP contribution in [0, 0.1) is 0 Å². The Morgan fingerprint density at radius 1 is 0.842 bits per heavy atom. The minimum absolute atomic E-state index is 0.0581. The Hall–Kier alpha value is -4.01. The number of aryl methyl sites for hydroxylation is 1. The summed E-state index contributed by atoms with van der Waals surface area (Å²) < 4.78 is 0. The smallest absolute Gasteiger partial charge is 0.248 e. The molecule has 1 atom stereocenters. The Kier molecular flexibility index (Phi) is 10.6. The molecule has 0 saturated carbocycles. The summed E-state index contributed by atoms with van der Waals surface area (Å²) in [6.07, 6.45) is 1.89. The van der Waals surface area contributed by atoms with E-state index in [1.807, 2.05) is 84.9 Å². The van der Waals surface area contributed by atoms with Gasteiger partial charge < -0.3 is 27.6 Å². The van der Waals surface area contributed by atoms with Crippen molar-refractivity contribution in [3.63, 3.8) is 0 Å². The molecular formula is C30H37N5O3. The maximum Gasteiger partial charge on any atom is 0.248 e. The summed E-state index contributed by atoms with van der Waals surface area (Å²) in [5, 5.41) is 11.9. The Morgan fingerprint density at radius 3 is 1.92 bits per heavy atom. The molecule has 1 amide bonds. The Morgan fingerprint density at radius 2 is 1.39 bits per heavy atom. The molecule has 3 aromatic rings. The van der Waals surface area contributed by atoms with Crippen molar-refractivity contribution in [1.82, 2.24) is 5.32 Å². The number of Topliss-reactive ketones (excluding diaryl/α,β-unsaturated/α-hetero) is 1. The number of nitrogens with zero attached hydrogens (tertiary/aromatic N) is 1. The van der Waals surface area contributed by atoms with Gasteiger partial charge in [0.15, 0.2) is 17.3 Å². The molecule has 0 unspecified atom stereocenters. The molecular weight excluding hydrogens is 478 g/mol. The van der Waals surface area contributed by atoms with E-state index in [2.05, 4.69) is 10.3 Å². The van der Waals surface area contributed by atoms with Crippen LogP contribution in [0.25, 0.3) is 0 Å². The molecule has 3 rings (SSSR count). The van der Waals surface area contributed by atoms with Gasteiger partial charge in [-0.3, -0.25) is 14.6 Å². The number of aliphatic hydroxyl groups excluding tert-OH is 1. The van der Waals surface area contributed by atoms with Crippen LogP contribution in [0.4, 0.5) is 0 Å². The number of ketones is 1. The molecule has 8 heteroatoms. The third-order valence-electron chi connectivity index (χ3n) is 6.50. The molecule has 0 spiro atoms. The van der Waals surface area contributed by atoms with E-state index in [1.54, 1.807) is 0 Å².